The van der Waals surface area contributed by atoms with Gasteiger partial charge in [0, 0.05) is 49.4 Å². The molecule has 33 heavy (non-hydrogen) atoms. The molecular weight excluding hydrogens is 424 g/mol. The molecule has 1 aromatic carbocycles. The van der Waals surface area contributed by atoms with Gasteiger partial charge in [0.2, 0.25) is 11.8 Å². The minimum Gasteiger partial charge on any atom is -0.487 e. The largest absolute Gasteiger partial charge is 0.487 e. The molecule has 8 nitrogen and oxygen atoms in total. The second-order valence-electron chi connectivity index (χ2n) is 9.68. The van der Waals surface area contributed by atoms with Gasteiger partial charge in [0.25, 0.3) is 0 Å². The number of carbonyl (C=O) groups excluding carboxylic acids is 2. The lowest BCUT2D eigenvalue weighted by molar-refractivity contribution is -0.149. The molecule has 1 aromatic rings. The number of amides is 2. The van der Waals surface area contributed by atoms with Gasteiger partial charge in [-0.05, 0) is 56.7 Å². The number of fused-ring (bicyclic) bond motifs is 3. The number of hydrogen-bond acceptors (Lipinski definition) is 6. The predicted octanol–water partition coefficient (Wildman–Crippen LogP) is 2.45. The fourth-order valence-electron chi connectivity index (χ4n) is 5.64. The normalized spacial score (nSPS) is 29.7. The average molecular weight is 459 g/mol. The standard InChI is InChI=1S/C25H34N2O6/c28-15-22-24-20(13-18(32-22)14-23(29)27-8-2-1-3-9-27)19-12-17(4-5-21(19)33-24)26-25(30)16-6-10-31-11-7-16/h4-5,12,16,18,20,22,24,28H,1-3,6-11,13-15H2,(H,26,30)/t18-,20-,22+,24+/m0/s1. The maximum absolute atomic E-state index is 12.8. The lowest BCUT2D eigenvalue weighted by atomic mass is 9.84. The summed E-state index contributed by atoms with van der Waals surface area (Å²) in [6, 6.07) is 5.73. The highest BCUT2D eigenvalue weighted by atomic mass is 16.6. The second kappa shape index (κ2) is 9.99. The van der Waals surface area contributed by atoms with Crippen LogP contribution in [-0.4, -0.2) is 73.0 Å². The summed E-state index contributed by atoms with van der Waals surface area (Å²) in [5.41, 5.74) is 1.77. The van der Waals surface area contributed by atoms with Gasteiger partial charge in [-0.25, -0.2) is 0 Å². The number of aliphatic hydroxyl groups is 1. The van der Waals surface area contributed by atoms with Gasteiger partial charge in [0.1, 0.15) is 18.0 Å². The molecule has 4 atom stereocenters. The smallest absolute Gasteiger partial charge is 0.227 e. The number of likely N-dealkylation sites (tertiary alicyclic amines) is 1. The Morgan fingerprint density at radius 3 is 2.67 bits per heavy atom. The van der Waals surface area contributed by atoms with Gasteiger partial charge in [0.05, 0.1) is 19.1 Å². The van der Waals surface area contributed by atoms with Crippen molar-refractivity contribution < 1.29 is 28.9 Å². The van der Waals surface area contributed by atoms with Gasteiger partial charge in [-0.1, -0.05) is 0 Å². The number of ether oxygens (including phenoxy) is 3. The Morgan fingerprint density at radius 1 is 1.12 bits per heavy atom. The van der Waals surface area contributed by atoms with E-state index in [1.54, 1.807) is 0 Å². The lowest BCUT2D eigenvalue weighted by Crippen LogP contribution is -2.48. The molecule has 0 unspecified atom stereocenters. The first-order valence-electron chi connectivity index (χ1n) is 12.4. The number of nitrogens with zero attached hydrogens (tertiary/aromatic N) is 1. The van der Waals surface area contributed by atoms with Crippen LogP contribution in [0.2, 0.25) is 0 Å². The minimum absolute atomic E-state index is 0.0185. The zero-order chi connectivity index (χ0) is 22.8. The Kier molecular flexibility index (Phi) is 6.85. The molecule has 0 bridgehead atoms. The van der Waals surface area contributed by atoms with Crippen molar-refractivity contribution in [2.75, 3.05) is 38.2 Å². The van der Waals surface area contributed by atoms with Gasteiger partial charge in [-0.3, -0.25) is 9.59 Å². The molecule has 180 valence electrons. The summed E-state index contributed by atoms with van der Waals surface area (Å²) in [5, 5.41) is 13.0. The van der Waals surface area contributed by atoms with Crippen LogP contribution in [0.25, 0.3) is 0 Å². The SMILES string of the molecule is O=C(Nc1ccc2c(c1)[C@@H]1C[C@@H](CC(=O)N3CCCCC3)O[C@H](CO)[C@@H]1O2)C1CCOCC1. The fraction of sp³-hybridized carbons (Fsp3) is 0.680. The quantitative estimate of drug-likeness (QED) is 0.704. The summed E-state index contributed by atoms with van der Waals surface area (Å²) in [5.74, 6) is 0.914. The first kappa shape index (κ1) is 22.6. The first-order chi connectivity index (χ1) is 16.1. The zero-order valence-electron chi connectivity index (χ0n) is 19.0. The van der Waals surface area contributed by atoms with Crippen molar-refractivity contribution in [1.82, 2.24) is 4.90 Å². The molecule has 3 saturated heterocycles. The van der Waals surface area contributed by atoms with Crippen LogP contribution in [0.1, 0.15) is 56.4 Å². The summed E-state index contributed by atoms with van der Waals surface area (Å²) in [7, 11) is 0. The van der Waals surface area contributed by atoms with E-state index in [0.717, 1.165) is 55.8 Å². The van der Waals surface area contributed by atoms with Crippen molar-refractivity contribution in [3.8, 4) is 5.75 Å². The Hall–Kier alpha value is -2.16. The van der Waals surface area contributed by atoms with Crippen LogP contribution in [0.5, 0.6) is 5.75 Å². The molecule has 0 radical (unpaired) electrons. The molecule has 0 spiro atoms. The highest BCUT2D eigenvalue weighted by Gasteiger charge is 2.46. The van der Waals surface area contributed by atoms with Crippen LogP contribution >= 0.6 is 0 Å². The Labute approximate surface area is 194 Å². The van der Waals surface area contributed by atoms with E-state index in [0.29, 0.717) is 26.1 Å². The maximum Gasteiger partial charge on any atom is 0.227 e. The molecule has 4 aliphatic rings. The number of aliphatic hydroxyl groups excluding tert-OH is 1. The fourth-order valence-corrected chi connectivity index (χ4v) is 5.64. The third kappa shape index (κ3) is 4.88. The Bertz CT molecular complexity index is 864. The van der Waals surface area contributed by atoms with Crippen LogP contribution in [0.4, 0.5) is 5.69 Å². The lowest BCUT2D eigenvalue weighted by Gasteiger charge is -2.38. The van der Waals surface area contributed by atoms with E-state index >= 15 is 0 Å². The summed E-state index contributed by atoms with van der Waals surface area (Å²) < 4.78 is 17.6. The Balaban J connectivity index is 1.28. The third-order valence-corrected chi connectivity index (χ3v) is 7.47. The van der Waals surface area contributed by atoms with Gasteiger partial charge >= 0.3 is 0 Å². The van der Waals surface area contributed by atoms with E-state index in [1.807, 2.05) is 23.1 Å². The average Bonchev–Trinajstić information content (AvgIpc) is 3.22. The summed E-state index contributed by atoms with van der Waals surface area (Å²) >= 11 is 0. The van der Waals surface area contributed by atoms with Crippen molar-refractivity contribution in [3.63, 3.8) is 0 Å². The van der Waals surface area contributed by atoms with E-state index in [4.69, 9.17) is 14.2 Å². The first-order valence-corrected chi connectivity index (χ1v) is 12.4. The van der Waals surface area contributed by atoms with Crippen molar-refractivity contribution in [2.24, 2.45) is 5.92 Å². The van der Waals surface area contributed by atoms with Crippen molar-refractivity contribution in [2.45, 2.75) is 69.2 Å². The van der Waals surface area contributed by atoms with Gasteiger partial charge in [-0.15, -0.1) is 0 Å². The molecule has 4 heterocycles. The summed E-state index contributed by atoms with van der Waals surface area (Å²) in [6.45, 7) is 2.74. The van der Waals surface area contributed by atoms with Crippen LogP contribution in [0.15, 0.2) is 18.2 Å². The number of nitrogens with one attached hydrogen (secondary N) is 1. The van der Waals surface area contributed by atoms with E-state index in [9.17, 15) is 14.7 Å². The summed E-state index contributed by atoms with van der Waals surface area (Å²) in [4.78, 5) is 27.4. The van der Waals surface area contributed by atoms with Crippen LogP contribution in [0.3, 0.4) is 0 Å². The number of benzene rings is 1. The van der Waals surface area contributed by atoms with Crippen LogP contribution in [-0.2, 0) is 19.1 Å². The van der Waals surface area contributed by atoms with Gasteiger partial charge < -0.3 is 29.5 Å². The number of hydrogen-bond donors (Lipinski definition) is 2. The maximum atomic E-state index is 12.8. The van der Waals surface area contributed by atoms with E-state index in [2.05, 4.69) is 5.32 Å². The zero-order valence-corrected chi connectivity index (χ0v) is 19.0. The number of carbonyl (C=O) groups is 2. The number of rotatable bonds is 5. The molecule has 0 aliphatic carbocycles. The molecule has 3 fully saturated rings. The highest BCUT2D eigenvalue weighted by Crippen LogP contribution is 2.47. The van der Waals surface area contributed by atoms with E-state index < -0.39 is 6.10 Å². The highest BCUT2D eigenvalue weighted by molar-refractivity contribution is 5.92. The molecule has 8 heteroatoms. The molecule has 0 saturated carbocycles. The van der Waals surface area contributed by atoms with Crippen LogP contribution in [0, 0.1) is 5.92 Å². The molecule has 2 amide bonds. The Morgan fingerprint density at radius 2 is 1.91 bits per heavy atom. The number of anilines is 1. The molecule has 4 aliphatic heterocycles. The molecule has 0 aromatic heterocycles. The summed E-state index contributed by atoms with van der Waals surface area (Å²) in [6.07, 6.45) is 4.76. The topological polar surface area (TPSA) is 97.3 Å². The minimum atomic E-state index is -0.476. The van der Waals surface area contributed by atoms with Crippen LogP contribution < -0.4 is 10.1 Å². The van der Waals surface area contributed by atoms with Gasteiger partial charge in [-0.2, -0.15) is 0 Å². The molecular formula is C25H34N2O6. The monoisotopic (exact) mass is 458 g/mol. The third-order valence-electron chi connectivity index (χ3n) is 7.47. The van der Waals surface area contributed by atoms with Gasteiger partial charge in [0.15, 0.2) is 0 Å². The predicted molar refractivity (Wildman–Crippen MR) is 121 cm³/mol. The molecule has 5 rings (SSSR count). The van der Waals surface area contributed by atoms with Crippen molar-refractivity contribution in [1.29, 1.82) is 0 Å². The van der Waals surface area contributed by atoms with Crippen molar-refractivity contribution >= 4 is 17.5 Å². The van der Waals surface area contributed by atoms with E-state index in [1.165, 1.54) is 6.42 Å². The van der Waals surface area contributed by atoms with Crippen molar-refractivity contribution in [3.05, 3.63) is 23.8 Å². The molecule has 2 N–H and O–H groups in total. The number of piperidine rings is 1. The van der Waals surface area contributed by atoms with E-state index in [-0.39, 0.29) is 42.5 Å². The second-order valence-corrected chi connectivity index (χ2v) is 9.68.